The largest absolute Gasteiger partial charge is 0.494 e. The first-order chi connectivity index (χ1) is 14.3. The predicted molar refractivity (Wildman–Crippen MR) is 108 cm³/mol. The molecule has 0 aliphatic carbocycles. The lowest BCUT2D eigenvalue weighted by atomic mass is 9.96. The number of aromatic nitrogens is 3. The van der Waals surface area contributed by atoms with Gasteiger partial charge in [-0.3, -0.25) is 0 Å². The van der Waals surface area contributed by atoms with Crippen LogP contribution in [0.3, 0.4) is 0 Å². The van der Waals surface area contributed by atoms with Gasteiger partial charge in [-0.25, -0.2) is 23.7 Å². The number of halogens is 2. The monoisotopic (exact) mass is 417 g/mol. The first-order valence-electron chi connectivity index (χ1n) is 9.21. The zero-order valence-electron chi connectivity index (χ0n) is 17.0. The average Bonchev–Trinajstić information content (AvgIpc) is 2.71. The van der Waals surface area contributed by atoms with Gasteiger partial charge in [0.25, 0.3) is 0 Å². The second kappa shape index (κ2) is 7.21. The standard InChI is InChI=1S/C20H21F2N5O3/c1-20(28)8-27(9-20)18-17-10(7-24-19(23-2)26-17)5-11(25-18)14-15(21)12(29-3)6-13(30-4)16(14)22/h5-7,28H,8-9H2,1-4H3,(H,23,24,26). The van der Waals surface area contributed by atoms with Gasteiger partial charge in [0, 0.05) is 37.8 Å². The van der Waals surface area contributed by atoms with Gasteiger partial charge in [-0.2, -0.15) is 0 Å². The summed E-state index contributed by atoms with van der Waals surface area (Å²) in [7, 11) is 4.26. The summed E-state index contributed by atoms with van der Waals surface area (Å²) in [5.74, 6) is -1.34. The van der Waals surface area contributed by atoms with Gasteiger partial charge in [0.2, 0.25) is 5.95 Å². The number of hydrogen-bond donors (Lipinski definition) is 2. The number of methoxy groups -OCH3 is 2. The predicted octanol–water partition coefficient (Wildman–Crippen LogP) is 2.60. The van der Waals surface area contributed by atoms with E-state index in [-0.39, 0.29) is 22.8 Å². The number of β-amino-alcohol motifs (C(OH)–C–C–N with tert-alkyl or cyclic N) is 1. The molecule has 0 spiro atoms. The van der Waals surface area contributed by atoms with Crippen LogP contribution in [0.2, 0.25) is 0 Å². The number of rotatable bonds is 5. The van der Waals surface area contributed by atoms with Crippen molar-refractivity contribution in [2.75, 3.05) is 44.6 Å². The Hall–Kier alpha value is -3.27. The van der Waals surface area contributed by atoms with E-state index in [1.807, 2.05) is 0 Å². The molecule has 0 radical (unpaired) electrons. The zero-order valence-corrected chi connectivity index (χ0v) is 17.0. The molecule has 3 aromatic rings. The summed E-state index contributed by atoms with van der Waals surface area (Å²) in [6.07, 6.45) is 1.55. The molecule has 158 valence electrons. The molecule has 8 nitrogen and oxygen atoms in total. The Morgan fingerprint density at radius 2 is 1.73 bits per heavy atom. The van der Waals surface area contributed by atoms with Gasteiger partial charge in [-0.05, 0) is 13.0 Å². The number of anilines is 2. The number of ether oxygens (including phenoxy) is 2. The first-order valence-corrected chi connectivity index (χ1v) is 9.21. The van der Waals surface area contributed by atoms with Crippen LogP contribution in [-0.2, 0) is 0 Å². The maximum Gasteiger partial charge on any atom is 0.223 e. The highest BCUT2D eigenvalue weighted by molar-refractivity contribution is 5.92. The fourth-order valence-corrected chi connectivity index (χ4v) is 3.53. The van der Waals surface area contributed by atoms with Crippen molar-refractivity contribution in [3.63, 3.8) is 0 Å². The van der Waals surface area contributed by atoms with Crippen LogP contribution >= 0.6 is 0 Å². The quantitative estimate of drug-likeness (QED) is 0.655. The summed E-state index contributed by atoms with van der Waals surface area (Å²) in [6.45, 7) is 2.32. The van der Waals surface area contributed by atoms with Crippen LogP contribution in [-0.4, -0.2) is 60.0 Å². The third-order valence-electron chi connectivity index (χ3n) is 4.96. The summed E-state index contributed by atoms with van der Waals surface area (Å²) in [6, 6.07) is 2.65. The summed E-state index contributed by atoms with van der Waals surface area (Å²) >= 11 is 0. The van der Waals surface area contributed by atoms with Crippen molar-refractivity contribution < 1.29 is 23.4 Å². The fourth-order valence-electron chi connectivity index (χ4n) is 3.53. The molecule has 0 unspecified atom stereocenters. The van der Waals surface area contributed by atoms with E-state index in [2.05, 4.69) is 20.3 Å². The SMILES string of the molecule is CNc1ncc2cc(-c3c(F)c(OC)cc(OC)c3F)nc(N3CC(C)(O)C3)c2n1. The minimum atomic E-state index is -0.892. The van der Waals surface area contributed by atoms with Crippen molar-refractivity contribution in [3.05, 3.63) is 30.0 Å². The molecule has 0 amide bonds. The summed E-state index contributed by atoms with van der Waals surface area (Å²) in [4.78, 5) is 14.9. The number of pyridine rings is 1. The van der Waals surface area contributed by atoms with E-state index in [0.29, 0.717) is 35.8 Å². The smallest absolute Gasteiger partial charge is 0.223 e. The molecule has 4 rings (SSSR count). The Morgan fingerprint density at radius 3 is 2.27 bits per heavy atom. The Labute approximate surface area is 171 Å². The van der Waals surface area contributed by atoms with Gasteiger partial charge in [0.1, 0.15) is 5.52 Å². The molecule has 1 saturated heterocycles. The van der Waals surface area contributed by atoms with E-state index in [9.17, 15) is 5.11 Å². The van der Waals surface area contributed by atoms with Crippen molar-refractivity contribution in [1.29, 1.82) is 0 Å². The van der Waals surface area contributed by atoms with Gasteiger partial charge in [0.05, 0.1) is 31.1 Å². The van der Waals surface area contributed by atoms with Crippen LogP contribution < -0.4 is 19.7 Å². The molecule has 0 saturated carbocycles. The second-order valence-electron chi connectivity index (χ2n) is 7.35. The van der Waals surface area contributed by atoms with E-state index in [4.69, 9.17) is 9.47 Å². The molecule has 0 atom stereocenters. The van der Waals surface area contributed by atoms with Crippen LogP contribution in [0, 0.1) is 11.6 Å². The molecular formula is C20H21F2N5O3. The van der Waals surface area contributed by atoms with E-state index in [1.54, 1.807) is 25.1 Å². The third-order valence-corrected chi connectivity index (χ3v) is 4.96. The number of hydrogen-bond acceptors (Lipinski definition) is 8. The highest BCUT2D eigenvalue weighted by atomic mass is 19.1. The fraction of sp³-hybridized carbons (Fsp3) is 0.350. The lowest BCUT2D eigenvalue weighted by Crippen LogP contribution is -2.60. The van der Waals surface area contributed by atoms with Crippen molar-refractivity contribution in [2.45, 2.75) is 12.5 Å². The number of aliphatic hydroxyl groups is 1. The normalized spacial score (nSPS) is 15.1. The van der Waals surface area contributed by atoms with Gasteiger partial charge >= 0.3 is 0 Å². The third kappa shape index (κ3) is 3.22. The Bertz CT molecular complexity index is 1100. The van der Waals surface area contributed by atoms with E-state index in [0.717, 1.165) is 6.07 Å². The molecule has 1 aliphatic heterocycles. The van der Waals surface area contributed by atoms with Crippen molar-refractivity contribution in [1.82, 2.24) is 15.0 Å². The lowest BCUT2D eigenvalue weighted by molar-refractivity contribution is 0.0307. The van der Waals surface area contributed by atoms with Crippen molar-refractivity contribution in [2.24, 2.45) is 0 Å². The molecule has 2 N–H and O–H groups in total. The minimum Gasteiger partial charge on any atom is -0.494 e. The summed E-state index contributed by atoms with van der Waals surface area (Å²) in [5.41, 5.74) is -0.709. The molecule has 30 heavy (non-hydrogen) atoms. The van der Waals surface area contributed by atoms with Crippen LogP contribution in [0.4, 0.5) is 20.5 Å². The summed E-state index contributed by atoms with van der Waals surface area (Å²) in [5, 5.41) is 13.6. The molecule has 10 heteroatoms. The van der Waals surface area contributed by atoms with Gasteiger partial charge in [-0.15, -0.1) is 0 Å². The van der Waals surface area contributed by atoms with Crippen molar-refractivity contribution >= 4 is 22.7 Å². The highest BCUT2D eigenvalue weighted by Crippen LogP contribution is 2.40. The average molecular weight is 417 g/mol. The second-order valence-corrected chi connectivity index (χ2v) is 7.35. The molecule has 2 aromatic heterocycles. The minimum absolute atomic E-state index is 0.0389. The Kier molecular flexibility index (Phi) is 4.81. The number of fused-ring (bicyclic) bond motifs is 1. The van der Waals surface area contributed by atoms with Gasteiger partial charge < -0.3 is 24.8 Å². The zero-order chi connectivity index (χ0) is 21.6. The number of nitrogens with one attached hydrogen (secondary N) is 1. The van der Waals surface area contributed by atoms with E-state index >= 15 is 8.78 Å². The summed E-state index contributed by atoms with van der Waals surface area (Å²) < 4.78 is 40.2. The van der Waals surface area contributed by atoms with Crippen LogP contribution in [0.5, 0.6) is 11.5 Å². The molecule has 0 bridgehead atoms. The Morgan fingerprint density at radius 1 is 1.10 bits per heavy atom. The van der Waals surface area contributed by atoms with Crippen LogP contribution in [0.1, 0.15) is 6.92 Å². The van der Waals surface area contributed by atoms with E-state index in [1.165, 1.54) is 20.3 Å². The Balaban J connectivity index is 1.97. The number of nitrogens with zero attached hydrogens (tertiary/aromatic N) is 4. The maximum atomic E-state index is 15.1. The van der Waals surface area contributed by atoms with Crippen LogP contribution in [0.25, 0.3) is 22.2 Å². The topological polar surface area (TPSA) is 92.6 Å². The molecule has 1 fully saturated rings. The highest BCUT2D eigenvalue weighted by Gasteiger charge is 2.38. The van der Waals surface area contributed by atoms with Gasteiger partial charge in [-0.1, -0.05) is 0 Å². The number of benzene rings is 1. The van der Waals surface area contributed by atoms with Crippen molar-refractivity contribution in [3.8, 4) is 22.8 Å². The lowest BCUT2D eigenvalue weighted by Gasteiger charge is -2.45. The van der Waals surface area contributed by atoms with E-state index < -0.39 is 17.2 Å². The van der Waals surface area contributed by atoms with Crippen LogP contribution in [0.15, 0.2) is 18.3 Å². The molecule has 3 heterocycles. The maximum absolute atomic E-state index is 15.1. The first kappa shape index (κ1) is 20.0. The molecule has 1 aromatic carbocycles. The molecule has 1 aliphatic rings. The molecular weight excluding hydrogens is 396 g/mol. The van der Waals surface area contributed by atoms with Gasteiger partial charge in [0.15, 0.2) is 29.0 Å².